The lowest BCUT2D eigenvalue weighted by Gasteiger charge is -2.44. The van der Waals surface area contributed by atoms with Crippen LogP contribution < -0.4 is 0 Å². The van der Waals surface area contributed by atoms with Crippen molar-refractivity contribution in [1.29, 1.82) is 0 Å². The maximum Gasteiger partial charge on any atom is 0.337 e. The lowest BCUT2D eigenvalue weighted by Crippen LogP contribution is -2.51. The highest BCUT2D eigenvalue weighted by Gasteiger charge is 2.45. The molecule has 0 aliphatic heterocycles. The van der Waals surface area contributed by atoms with Crippen LogP contribution in [0, 0.1) is 0 Å². The average Bonchev–Trinajstić information content (AvgIpc) is 2.81. The van der Waals surface area contributed by atoms with Gasteiger partial charge in [0.25, 0.3) is 0 Å². The molecule has 0 saturated heterocycles. The molecule has 0 aromatic carbocycles. The summed E-state index contributed by atoms with van der Waals surface area (Å²) in [5, 5.41) is 10.1. The first-order valence-corrected chi connectivity index (χ1v) is 10.1. The Hall–Kier alpha value is -1.62. The van der Waals surface area contributed by atoms with Crippen molar-refractivity contribution in [1.82, 2.24) is 9.22 Å². The summed E-state index contributed by atoms with van der Waals surface area (Å²) in [6.07, 6.45) is 3.59. The minimum absolute atomic E-state index is 0.246. The summed E-state index contributed by atoms with van der Waals surface area (Å²) in [4.78, 5) is 15.6. The molecule has 4 nitrogen and oxygen atoms in total. The summed E-state index contributed by atoms with van der Waals surface area (Å²) in [6, 6.07) is 3.73. The number of carboxylic acids is 1. The minimum atomic E-state index is -1.85. The first-order valence-electron chi connectivity index (χ1n) is 7.93. The molecule has 0 spiro atoms. The van der Waals surface area contributed by atoms with Gasteiger partial charge in [-0.15, -0.1) is 0 Å². The van der Waals surface area contributed by atoms with Gasteiger partial charge in [0, 0.05) is 11.6 Å². The number of aromatic nitrogens is 2. The monoisotopic (exact) mass is 318 g/mol. The molecule has 0 saturated carbocycles. The van der Waals surface area contributed by atoms with Gasteiger partial charge in [0.1, 0.15) is 5.65 Å². The number of fused-ring (bicyclic) bond motifs is 1. The molecule has 5 heteroatoms. The number of hydrogen-bond donors (Lipinski definition) is 1. The molecule has 0 unspecified atom stereocenters. The van der Waals surface area contributed by atoms with E-state index in [0.717, 1.165) is 11.0 Å². The van der Waals surface area contributed by atoms with Crippen molar-refractivity contribution in [3.8, 4) is 0 Å². The standard InChI is InChI=1S/C17H26N2O2Si/c1-11(2)22(12(3)4,13(5)6)19-8-7-14-9-15(17(20)21)10-18-16(14)19/h7-13H,1-6H3,(H,20,21). The van der Waals surface area contributed by atoms with Gasteiger partial charge in [0.15, 0.2) is 8.24 Å². The molecule has 2 aromatic rings. The van der Waals surface area contributed by atoms with Crippen molar-refractivity contribution in [2.24, 2.45) is 0 Å². The number of nitrogens with zero attached hydrogens (tertiary/aromatic N) is 2. The van der Waals surface area contributed by atoms with Crippen LogP contribution in [0.15, 0.2) is 24.5 Å². The molecule has 0 fully saturated rings. The van der Waals surface area contributed by atoms with Crippen LogP contribution in [-0.4, -0.2) is 28.5 Å². The Kier molecular flexibility index (Phi) is 4.47. The smallest absolute Gasteiger partial charge is 0.337 e. The van der Waals surface area contributed by atoms with Crippen molar-refractivity contribution in [2.45, 2.75) is 58.2 Å². The molecule has 2 aromatic heterocycles. The molecule has 0 radical (unpaired) electrons. The Morgan fingerprint density at radius 2 is 1.68 bits per heavy atom. The highest BCUT2D eigenvalue weighted by atomic mass is 28.3. The summed E-state index contributed by atoms with van der Waals surface area (Å²) < 4.78 is 2.40. The van der Waals surface area contributed by atoms with E-state index in [4.69, 9.17) is 5.11 Å². The van der Waals surface area contributed by atoms with Crippen molar-refractivity contribution in [3.63, 3.8) is 0 Å². The SMILES string of the molecule is CC(C)[Si](C(C)C)(C(C)C)n1ccc2cc(C(=O)O)cnc21. The van der Waals surface area contributed by atoms with E-state index < -0.39 is 14.2 Å². The van der Waals surface area contributed by atoms with Gasteiger partial charge in [-0.3, -0.25) is 0 Å². The molecule has 2 heterocycles. The van der Waals surface area contributed by atoms with Gasteiger partial charge in [-0.25, -0.2) is 9.78 Å². The molecule has 0 amide bonds. The molecule has 0 atom stereocenters. The van der Waals surface area contributed by atoms with Gasteiger partial charge in [-0.1, -0.05) is 41.5 Å². The van der Waals surface area contributed by atoms with Crippen molar-refractivity contribution in [2.75, 3.05) is 0 Å². The Morgan fingerprint density at radius 1 is 1.14 bits per heavy atom. The highest BCUT2D eigenvalue weighted by molar-refractivity contribution is 6.82. The first kappa shape index (κ1) is 16.7. The van der Waals surface area contributed by atoms with E-state index in [1.165, 1.54) is 6.20 Å². The average molecular weight is 318 g/mol. The third-order valence-corrected chi connectivity index (χ3v) is 11.7. The van der Waals surface area contributed by atoms with E-state index in [-0.39, 0.29) is 5.56 Å². The van der Waals surface area contributed by atoms with Crippen LogP contribution >= 0.6 is 0 Å². The van der Waals surface area contributed by atoms with Crippen LogP contribution in [-0.2, 0) is 0 Å². The van der Waals surface area contributed by atoms with Crippen molar-refractivity contribution >= 4 is 25.2 Å². The Balaban J connectivity index is 2.73. The lowest BCUT2D eigenvalue weighted by atomic mass is 10.2. The molecule has 120 valence electrons. The van der Waals surface area contributed by atoms with E-state index in [1.54, 1.807) is 6.07 Å². The topological polar surface area (TPSA) is 55.1 Å². The number of rotatable bonds is 5. The van der Waals surface area contributed by atoms with E-state index in [1.807, 2.05) is 6.07 Å². The van der Waals surface area contributed by atoms with E-state index in [9.17, 15) is 4.79 Å². The van der Waals surface area contributed by atoms with Crippen LogP contribution in [0.1, 0.15) is 51.9 Å². The fourth-order valence-electron chi connectivity index (χ4n) is 4.29. The van der Waals surface area contributed by atoms with E-state index in [2.05, 4.69) is 57.0 Å². The summed E-state index contributed by atoms with van der Waals surface area (Å²) >= 11 is 0. The van der Waals surface area contributed by atoms with Gasteiger partial charge < -0.3 is 9.34 Å². The fraction of sp³-hybridized carbons (Fsp3) is 0.529. The molecule has 1 N–H and O–H groups in total. The van der Waals surface area contributed by atoms with E-state index >= 15 is 0 Å². The number of carbonyl (C=O) groups is 1. The predicted octanol–water partition coefficient (Wildman–Crippen LogP) is 4.76. The molecule has 0 bridgehead atoms. The Morgan fingerprint density at radius 3 is 2.14 bits per heavy atom. The third-order valence-electron chi connectivity index (χ3n) is 4.97. The van der Waals surface area contributed by atoms with Crippen LogP contribution in [0.25, 0.3) is 11.0 Å². The second kappa shape index (κ2) is 5.87. The normalized spacial score (nSPS) is 12.8. The summed E-state index contributed by atoms with van der Waals surface area (Å²) in [6.45, 7) is 13.9. The highest BCUT2D eigenvalue weighted by Crippen LogP contribution is 2.43. The second-order valence-electron chi connectivity index (χ2n) is 6.98. The van der Waals surface area contributed by atoms with Gasteiger partial charge in [0.05, 0.1) is 5.56 Å². The Bertz CT molecular complexity index is 667. The predicted molar refractivity (Wildman–Crippen MR) is 93.1 cm³/mol. The summed E-state index contributed by atoms with van der Waals surface area (Å²) in [5.74, 6) is -0.928. The molecular formula is C17H26N2O2Si. The van der Waals surface area contributed by atoms with Crippen LogP contribution in [0.4, 0.5) is 0 Å². The molecule has 2 rings (SSSR count). The molecule has 0 aliphatic rings. The molecular weight excluding hydrogens is 292 g/mol. The van der Waals surface area contributed by atoms with Crippen LogP contribution in [0.2, 0.25) is 16.6 Å². The maximum absolute atomic E-state index is 11.1. The molecule has 22 heavy (non-hydrogen) atoms. The lowest BCUT2D eigenvalue weighted by molar-refractivity contribution is 0.0696. The Labute approximate surface area is 133 Å². The fourth-order valence-corrected chi connectivity index (χ4v) is 10.8. The quantitative estimate of drug-likeness (QED) is 0.809. The zero-order chi connectivity index (χ0) is 16.7. The van der Waals surface area contributed by atoms with E-state index in [0.29, 0.717) is 16.6 Å². The summed E-state index contributed by atoms with van der Waals surface area (Å²) in [7, 11) is -1.85. The summed E-state index contributed by atoms with van der Waals surface area (Å²) in [5.41, 5.74) is 2.89. The zero-order valence-corrected chi connectivity index (χ0v) is 15.3. The minimum Gasteiger partial charge on any atom is -0.478 e. The van der Waals surface area contributed by atoms with Gasteiger partial charge in [-0.2, -0.15) is 0 Å². The largest absolute Gasteiger partial charge is 0.478 e. The number of aromatic carboxylic acids is 1. The van der Waals surface area contributed by atoms with Gasteiger partial charge in [0.2, 0.25) is 0 Å². The molecule has 0 aliphatic carbocycles. The van der Waals surface area contributed by atoms with Crippen molar-refractivity contribution in [3.05, 3.63) is 30.1 Å². The number of pyridine rings is 1. The first-order chi connectivity index (χ1) is 10.2. The van der Waals surface area contributed by atoms with Gasteiger partial charge in [-0.05, 0) is 35.0 Å². The number of carboxylic acid groups (broad SMARTS) is 1. The van der Waals surface area contributed by atoms with Crippen LogP contribution in [0.3, 0.4) is 0 Å². The maximum atomic E-state index is 11.1. The van der Waals surface area contributed by atoms with Crippen molar-refractivity contribution < 1.29 is 9.90 Å². The number of hydrogen-bond acceptors (Lipinski definition) is 2. The van der Waals surface area contributed by atoms with Crippen LogP contribution in [0.5, 0.6) is 0 Å². The zero-order valence-electron chi connectivity index (χ0n) is 14.3. The van der Waals surface area contributed by atoms with Gasteiger partial charge >= 0.3 is 5.97 Å². The second-order valence-corrected chi connectivity index (χ2v) is 12.7. The third kappa shape index (κ3) is 2.37.